The van der Waals surface area contributed by atoms with Crippen LogP contribution in [0, 0.1) is 0 Å². The fraction of sp³-hybridized carbons (Fsp3) is 0.364. The van der Waals surface area contributed by atoms with Gasteiger partial charge in [0, 0.05) is 6.54 Å². The highest BCUT2D eigenvalue weighted by atomic mass is 35.5. The number of ether oxygens (including phenoxy) is 1. The summed E-state index contributed by atoms with van der Waals surface area (Å²) in [4.78, 5) is 11.1. The molecular weight excluding hydrogens is 230 g/mol. The van der Waals surface area contributed by atoms with Crippen molar-refractivity contribution in [1.29, 1.82) is 0 Å². The molecule has 0 unspecified atom stereocenters. The van der Waals surface area contributed by atoms with Gasteiger partial charge in [0.05, 0.1) is 12.0 Å². The summed E-state index contributed by atoms with van der Waals surface area (Å²) in [6.45, 7) is 0.306. The second kappa shape index (κ2) is 7.09. The van der Waals surface area contributed by atoms with Crippen molar-refractivity contribution in [3.8, 4) is 0 Å². The van der Waals surface area contributed by atoms with E-state index in [0.717, 1.165) is 5.56 Å². The Kier molecular flexibility index (Phi) is 5.67. The molecule has 0 aromatic heterocycles. The number of benzene rings is 1. The van der Waals surface area contributed by atoms with Gasteiger partial charge in [0.15, 0.2) is 0 Å². The van der Waals surface area contributed by atoms with Gasteiger partial charge >= 0.3 is 6.09 Å². The average molecular weight is 244 g/mol. The molecule has 1 aromatic rings. The van der Waals surface area contributed by atoms with Crippen LogP contribution in [-0.4, -0.2) is 29.7 Å². The van der Waals surface area contributed by atoms with Crippen LogP contribution in [0.3, 0.4) is 0 Å². The first-order valence-electron chi connectivity index (χ1n) is 4.91. The Hall–Kier alpha value is -1.26. The van der Waals surface area contributed by atoms with E-state index in [-0.39, 0.29) is 19.0 Å². The number of alkyl halides is 1. The van der Waals surface area contributed by atoms with Gasteiger partial charge in [-0.1, -0.05) is 30.3 Å². The molecule has 0 aliphatic carbocycles. The van der Waals surface area contributed by atoms with Crippen molar-refractivity contribution < 1.29 is 14.6 Å². The molecule has 0 aliphatic rings. The van der Waals surface area contributed by atoms with E-state index in [0.29, 0.717) is 0 Å². The summed E-state index contributed by atoms with van der Waals surface area (Å²) >= 11 is 5.37. The number of rotatable bonds is 5. The SMILES string of the molecule is O=C(NC[C@H](O)CCl)OCc1ccccc1. The standard InChI is InChI=1S/C11H14ClNO3/c12-6-10(14)7-13-11(15)16-8-9-4-2-1-3-5-9/h1-5,10,14H,6-8H2,(H,13,15)/t10-/m1/s1. The normalized spacial score (nSPS) is 11.9. The molecule has 0 radical (unpaired) electrons. The molecule has 88 valence electrons. The van der Waals surface area contributed by atoms with Crippen molar-refractivity contribution in [3.63, 3.8) is 0 Å². The van der Waals surface area contributed by atoms with Crippen molar-refractivity contribution in [2.45, 2.75) is 12.7 Å². The average Bonchev–Trinajstić information content (AvgIpc) is 2.34. The maximum Gasteiger partial charge on any atom is 0.407 e. The molecule has 0 spiro atoms. The molecular formula is C11H14ClNO3. The van der Waals surface area contributed by atoms with E-state index in [1.54, 1.807) is 0 Å². The van der Waals surface area contributed by atoms with E-state index in [1.807, 2.05) is 30.3 Å². The highest BCUT2D eigenvalue weighted by Gasteiger charge is 2.06. The molecule has 1 amide bonds. The molecule has 5 heteroatoms. The van der Waals surface area contributed by atoms with E-state index in [2.05, 4.69) is 5.32 Å². The molecule has 2 N–H and O–H groups in total. The number of hydrogen-bond donors (Lipinski definition) is 2. The maximum absolute atomic E-state index is 11.1. The Balaban J connectivity index is 2.20. The van der Waals surface area contributed by atoms with Crippen molar-refractivity contribution in [1.82, 2.24) is 5.32 Å². The second-order valence-corrected chi connectivity index (χ2v) is 3.56. The zero-order valence-corrected chi connectivity index (χ0v) is 9.48. The van der Waals surface area contributed by atoms with Crippen LogP contribution < -0.4 is 5.32 Å². The minimum Gasteiger partial charge on any atom is -0.445 e. The lowest BCUT2D eigenvalue weighted by Crippen LogP contribution is -2.33. The molecule has 1 aromatic carbocycles. The number of aliphatic hydroxyl groups is 1. The van der Waals surface area contributed by atoms with Crippen molar-refractivity contribution in [3.05, 3.63) is 35.9 Å². The predicted molar refractivity (Wildman–Crippen MR) is 61.4 cm³/mol. The molecule has 1 rings (SSSR count). The predicted octanol–water partition coefficient (Wildman–Crippen LogP) is 1.51. The zero-order chi connectivity index (χ0) is 11.8. The minimum atomic E-state index is -0.744. The number of carbonyl (C=O) groups excluding carboxylic acids is 1. The van der Waals surface area contributed by atoms with Gasteiger partial charge in [-0.25, -0.2) is 4.79 Å². The molecule has 0 aliphatic heterocycles. The zero-order valence-electron chi connectivity index (χ0n) is 8.73. The van der Waals surface area contributed by atoms with E-state index in [9.17, 15) is 4.79 Å². The second-order valence-electron chi connectivity index (χ2n) is 3.25. The summed E-state index contributed by atoms with van der Waals surface area (Å²) in [5, 5.41) is 11.5. The van der Waals surface area contributed by atoms with Gasteiger partial charge in [-0.2, -0.15) is 0 Å². The fourth-order valence-electron chi connectivity index (χ4n) is 1.03. The molecule has 4 nitrogen and oxygen atoms in total. The largest absolute Gasteiger partial charge is 0.445 e. The lowest BCUT2D eigenvalue weighted by Gasteiger charge is -2.09. The van der Waals surface area contributed by atoms with Crippen molar-refractivity contribution >= 4 is 17.7 Å². The van der Waals surface area contributed by atoms with Gasteiger partial charge in [-0.3, -0.25) is 0 Å². The van der Waals surface area contributed by atoms with Crippen LogP contribution in [0.2, 0.25) is 0 Å². The molecule has 0 bridgehead atoms. The summed E-state index contributed by atoms with van der Waals surface area (Å²) < 4.78 is 4.92. The van der Waals surface area contributed by atoms with Crippen molar-refractivity contribution in [2.75, 3.05) is 12.4 Å². The van der Waals surface area contributed by atoms with E-state index < -0.39 is 12.2 Å². The smallest absolute Gasteiger partial charge is 0.407 e. The number of alkyl carbamates (subject to hydrolysis) is 1. The van der Waals surface area contributed by atoms with E-state index >= 15 is 0 Å². The van der Waals surface area contributed by atoms with Crippen molar-refractivity contribution in [2.24, 2.45) is 0 Å². The molecule has 0 heterocycles. The lowest BCUT2D eigenvalue weighted by molar-refractivity contribution is 0.129. The van der Waals surface area contributed by atoms with Crippen LogP contribution in [-0.2, 0) is 11.3 Å². The Bertz CT molecular complexity index is 318. The summed E-state index contributed by atoms with van der Waals surface area (Å²) in [6.07, 6.45) is -1.31. The van der Waals surface area contributed by atoms with Crippen LogP contribution in [0.5, 0.6) is 0 Å². The van der Waals surface area contributed by atoms with Crippen LogP contribution in [0.15, 0.2) is 30.3 Å². The number of aliphatic hydroxyl groups excluding tert-OH is 1. The Morgan fingerprint density at radius 3 is 2.75 bits per heavy atom. The quantitative estimate of drug-likeness (QED) is 0.771. The molecule has 0 fully saturated rings. The van der Waals surface area contributed by atoms with E-state index in [4.69, 9.17) is 21.4 Å². The van der Waals surface area contributed by atoms with Crippen LogP contribution in [0.1, 0.15) is 5.56 Å². The van der Waals surface area contributed by atoms with Gasteiger partial charge in [-0.05, 0) is 5.56 Å². The summed E-state index contributed by atoms with van der Waals surface area (Å²) in [5.41, 5.74) is 0.913. The lowest BCUT2D eigenvalue weighted by atomic mass is 10.2. The first-order chi connectivity index (χ1) is 7.72. The van der Waals surface area contributed by atoms with Gasteiger partial charge in [0.2, 0.25) is 0 Å². The van der Waals surface area contributed by atoms with Gasteiger partial charge in [-0.15, -0.1) is 11.6 Å². The number of halogens is 1. The van der Waals surface area contributed by atoms with Gasteiger partial charge in [0.25, 0.3) is 0 Å². The number of nitrogens with one attached hydrogen (secondary N) is 1. The minimum absolute atomic E-state index is 0.0823. The first kappa shape index (κ1) is 12.8. The number of hydrogen-bond acceptors (Lipinski definition) is 3. The highest BCUT2D eigenvalue weighted by molar-refractivity contribution is 6.18. The van der Waals surface area contributed by atoms with Gasteiger partial charge in [0.1, 0.15) is 6.61 Å². The summed E-state index contributed by atoms with van der Waals surface area (Å²) in [5.74, 6) is 0.0823. The van der Waals surface area contributed by atoms with Crippen LogP contribution in [0.25, 0.3) is 0 Å². The fourth-order valence-corrected chi connectivity index (χ4v) is 1.14. The molecule has 0 saturated carbocycles. The Labute approximate surface area is 99.2 Å². The number of carbonyl (C=O) groups is 1. The Morgan fingerprint density at radius 1 is 1.44 bits per heavy atom. The topological polar surface area (TPSA) is 58.6 Å². The Morgan fingerprint density at radius 2 is 2.12 bits per heavy atom. The number of amides is 1. The monoisotopic (exact) mass is 243 g/mol. The highest BCUT2D eigenvalue weighted by Crippen LogP contribution is 2.00. The molecule has 0 saturated heterocycles. The van der Waals surface area contributed by atoms with Crippen LogP contribution in [0.4, 0.5) is 4.79 Å². The molecule has 1 atom stereocenters. The third-order valence-electron chi connectivity index (χ3n) is 1.87. The maximum atomic E-state index is 11.1. The van der Waals surface area contributed by atoms with E-state index in [1.165, 1.54) is 0 Å². The first-order valence-corrected chi connectivity index (χ1v) is 5.44. The summed E-state index contributed by atoms with van der Waals surface area (Å²) in [7, 11) is 0. The third-order valence-corrected chi connectivity index (χ3v) is 2.23. The van der Waals surface area contributed by atoms with Crippen LogP contribution >= 0.6 is 11.6 Å². The third kappa shape index (κ3) is 5.00. The molecule has 16 heavy (non-hydrogen) atoms. The summed E-state index contributed by atoms with van der Waals surface area (Å²) in [6, 6.07) is 9.35. The van der Waals surface area contributed by atoms with Gasteiger partial charge < -0.3 is 15.2 Å².